The minimum absolute atomic E-state index is 0.0561. The highest BCUT2D eigenvalue weighted by Crippen LogP contribution is 2.23. The molecule has 8 nitrogen and oxygen atoms in total. The Hall–Kier alpha value is -3.59. The van der Waals surface area contributed by atoms with E-state index in [9.17, 15) is 13.2 Å². The van der Waals surface area contributed by atoms with E-state index in [2.05, 4.69) is 19.9 Å². The fourth-order valence-electron chi connectivity index (χ4n) is 2.33. The van der Waals surface area contributed by atoms with Crippen molar-refractivity contribution in [2.75, 3.05) is 4.72 Å². The molecule has 3 rings (SSSR count). The predicted molar refractivity (Wildman–Crippen MR) is 104 cm³/mol. The second kappa shape index (κ2) is 7.97. The first-order valence-corrected chi connectivity index (χ1v) is 9.63. The van der Waals surface area contributed by atoms with Crippen LogP contribution >= 0.6 is 0 Å². The van der Waals surface area contributed by atoms with Crippen molar-refractivity contribution in [1.82, 2.24) is 4.98 Å². The molecule has 142 valence electrons. The van der Waals surface area contributed by atoms with Crippen LogP contribution in [0.1, 0.15) is 15.9 Å². The standard InChI is InChI=1S/C19H16N4O4S/c1-13-5-6-15(12-17(13)19(24)25)22-21-14-7-9-16(10-8-14)28(26,27)23-18-4-2-3-11-20-18/h2-12H,1H3,(H,20,23)(H,24,25). The minimum atomic E-state index is -3.77. The van der Waals surface area contributed by atoms with E-state index < -0.39 is 16.0 Å². The van der Waals surface area contributed by atoms with Gasteiger partial charge < -0.3 is 5.11 Å². The maximum Gasteiger partial charge on any atom is 0.336 e. The maximum absolute atomic E-state index is 12.4. The number of benzene rings is 2. The molecule has 28 heavy (non-hydrogen) atoms. The molecule has 0 radical (unpaired) electrons. The Balaban J connectivity index is 1.77. The van der Waals surface area contributed by atoms with Gasteiger partial charge in [-0.25, -0.2) is 18.2 Å². The number of nitrogens with zero attached hydrogens (tertiary/aromatic N) is 3. The molecular weight excluding hydrogens is 380 g/mol. The number of carbonyl (C=O) groups is 1. The van der Waals surface area contributed by atoms with Crippen LogP contribution in [0.25, 0.3) is 0 Å². The molecule has 2 aromatic carbocycles. The van der Waals surface area contributed by atoms with Crippen LogP contribution < -0.4 is 4.72 Å². The lowest BCUT2D eigenvalue weighted by molar-refractivity contribution is 0.0696. The van der Waals surface area contributed by atoms with Gasteiger partial charge in [0.2, 0.25) is 0 Å². The van der Waals surface area contributed by atoms with Gasteiger partial charge >= 0.3 is 5.97 Å². The van der Waals surface area contributed by atoms with Crippen LogP contribution in [0, 0.1) is 6.92 Å². The molecule has 0 amide bonds. The highest BCUT2D eigenvalue weighted by Gasteiger charge is 2.14. The van der Waals surface area contributed by atoms with Gasteiger partial charge in [-0.15, -0.1) is 0 Å². The predicted octanol–water partition coefficient (Wildman–Crippen LogP) is 4.30. The first-order valence-electron chi connectivity index (χ1n) is 8.15. The number of aromatic carboxylic acids is 1. The van der Waals surface area contributed by atoms with E-state index in [0.717, 1.165) is 0 Å². The van der Waals surface area contributed by atoms with E-state index in [0.29, 0.717) is 16.9 Å². The molecule has 0 saturated heterocycles. The average molecular weight is 396 g/mol. The van der Waals surface area contributed by atoms with Crippen LogP contribution in [0.3, 0.4) is 0 Å². The molecule has 0 aliphatic heterocycles. The summed E-state index contributed by atoms with van der Waals surface area (Å²) in [6, 6.07) is 15.4. The van der Waals surface area contributed by atoms with Crippen LogP contribution in [0.4, 0.5) is 17.2 Å². The number of hydrogen-bond acceptors (Lipinski definition) is 6. The zero-order valence-corrected chi connectivity index (χ0v) is 15.6. The van der Waals surface area contributed by atoms with Crippen molar-refractivity contribution in [3.8, 4) is 0 Å². The van der Waals surface area contributed by atoms with Gasteiger partial charge in [0.15, 0.2) is 0 Å². The lowest BCUT2D eigenvalue weighted by atomic mass is 10.1. The molecular formula is C19H16N4O4S. The van der Waals surface area contributed by atoms with Crippen LogP contribution in [0.5, 0.6) is 0 Å². The van der Waals surface area contributed by atoms with Crippen LogP contribution in [-0.4, -0.2) is 24.5 Å². The first-order chi connectivity index (χ1) is 13.3. The third-order valence-corrected chi connectivity index (χ3v) is 5.15. The third-order valence-electron chi connectivity index (χ3n) is 3.78. The van der Waals surface area contributed by atoms with E-state index in [4.69, 9.17) is 5.11 Å². The lowest BCUT2D eigenvalue weighted by Crippen LogP contribution is -2.13. The molecule has 1 aromatic heterocycles. The quantitative estimate of drug-likeness (QED) is 0.602. The molecule has 0 aliphatic carbocycles. The third kappa shape index (κ3) is 4.57. The van der Waals surface area contributed by atoms with Crippen molar-refractivity contribution >= 4 is 33.2 Å². The van der Waals surface area contributed by atoms with Crippen LogP contribution in [0.2, 0.25) is 0 Å². The summed E-state index contributed by atoms with van der Waals surface area (Å²) in [4.78, 5) is 15.2. The van der Waals surface area contributed by atoms with Crippen LogP contribution in [-0.2, 0) is 10.0 Å². The number of rotatable bonds is 6. The fourth-order valence-corrected chi connectivity index (χ4v) is 3.34. The number of aryl methyl sites for hydroxylation is 1. The summed E-state index contributed by atoms with van der Waals surface area (Å²) in [5, 5.41) is 17.2. The van der Waals surface area contributed by atoms with E-state index in [1.54, 1.807) is 37.3 Å². The topological polar surface area (TPSA) is 121 Å². The van der Waals surface area contributed by atoms with Gasteiger partial charge in [0.1, 0.15) is 5.82 Å². The largest absolute Gasteiger partial charge is 0.478 e. The molecule has 0 aliphatic rings. The zero-order chi connectivity index (χ0) is 20.1. The summed E-state index contributed by atoms with van der Waals surface area (Å²) in [7, 11) is -3.77. The number of sulfonamides is 1. The van der Waals surface area contributed by atoms with Gasteiger partial charge in [-0.3, -0.25) is 4.72 Å². The van der Waals surface area contributed by atoms with Crippen molar-refractivity contribution in [3.05, 3.63) is 78.0 Å². The second-order valence-electron chi connectivity index (χ2n) is 5.82. The highest BCUT2D eigenvalue weighted by molar-refractivity contribution is 7.92. The number of hydrogen-bond donors (Lipinski definition) is 2. The minimum Gasteiger partial charge on any atom is -0.478 e. The number of anilines is 1. The van der Waals surface area contributed by atoms with E-state index >= 15 is 0 Å². The molecule has 1 heterocycles. The molecule has 3 aromatic rings. The summed E-state index contributed by atoms with van der Waals surface area (Å²) in [5.41, 5.74) is 1.59. The van der Waals surface area contributed by atoms with Crippen molar-refractivity contribution < 1.29 is 18.3 Å². The maximum atomic E-state index is 12.4. The van der Waals surface area contributed by atoms with E-state index in [1.807, 2.05) is 0 Å². The fraction of sp³-hybridized carbons (Fsp3) is 0.0526. The van der Waals surface area contributed by atoms with Crippen molar-refractivity contribution in [2.24, 2.45) is 10.2 Å². The SMILES string of the molecule is Cc1ccc(N=Nc2ccc(S(=O)(=O)Nc3ccccn3)cc2)cc1C(=O)O. The van der Waals surface area contributed by atoms with Crippen molar-refractivity contribution in [1.29, 1.82) is 0 Å². The average Bonchev–Trinajstić information content (AvgIpc) is 2.68. The van der Waals surface area contributed by atoms with Gasteiger partial charge in [0, 0.05) is 6.20 Å². The number of carboxylic acid groups (broad SMARTS) is 1. The molecule has 2 N–H and O–H groups in total. The molecule has 0 bridgehead atoms. The Kier molecular flexibility index (Phi) is 5.46. The monoisotopic (exact) mass is 396 g/mol. The normalized spacial score (nSPS) is 11.5. The van der Waals surface area contributed by atoms with Crippen molar-refractivity contribution in [2.45, 2.75) is 11.8 Å². The Morgan fingerprint density at radius 1 is 1.00 bits per heavy atom. The number of azo groups is 1. The smallest absolute Gasteiger partial charge is 0.336 e. The molecule has 0 atom stereocenters. The van der Waals surface area contributed by atoms with Gasteiger partial charge in [-0.05, 0) is 61.0 Å². The Bertz CT molecular complexity index is 1130. The number of carboxylic acids is 1. The Morgan fingerprint density at radius 2 is 1.68 bits per heavy atom. The van der Waals surface area contributed by atoms with Gasteiger partial charge in [-0.2, -0.15) is 10.2 Å². The van der Waals surface area contributed by atoms with Crippen LogP contribution in [0.15, 0.2) is 82.0 Å². The summed E-state index contributed by atoms with van der Waals surface area (Å²) in [6.07, 6.45) is 1.49. The van der Waals surface area contributed by atoms with Gasteiger partial charge in [0.05, 0.1) is 21.8 Å². The van der Waals surface area contributed by atoms with Gasteiger partial charge in [-0.1, -0.05) is 12.1 Å². The number of aromatic nitrogens is 1. The van der Waals surface area contributed by atoms with Crippen molar-refractivity contribution in [3.63, 3.8) is 0 Å². The summed E-state index contributed by atoms with van der Waals surface area (Å²) >= 11 is 0. The summed E-state index contributed by atoms with van der Waals surface area (Å²) in [6.45, 7) is 1.70. The van der Waals surface area contributed by atoms with Gasteiger partial charge in [0.25, 0.3) is 10.0 Å². The summed E-state index contributed by atoms with van der Waals surface area (Å²) in [5.74, 6) is -0.815. The number of pyridine rings is 1. The summed E-state index contributed by atoms with van der Waals surface area (Å²) < 4.78 is 27.1. The molecule has 0 unspecified atom stereocenters. The Labute approximate surface area is 161 Å². The van der Waals surface area contributed by atoms with E-state index in [-0.39, 0.29) is 16.3 Å². The molecule has 9 heteroatoms. The molecule has 0 spiro atoms. The number of nitrogens with one attached hydrogen (secondary N) is 1. The second-order valence-corrected chi connectivity index (χ2v) is 7.50. The molecule has 0 saturated carbocycles. The lowest BCUT2D eigenvalue weighted by Gasteiger charge is -2.07. The first kappa shape index (κ1) is 19.2. The molecule has 0 fully saturated rings. The zero-order valence-electron chi connectivity index (χ0n) is 14.8. The Morgan fingerprint density at radius 3 is 2.32 bits per heavy atom. The van der Waals surface area contributed by atoms with E-state index in [1.165, 1.54) is 36.5 Å². The highest BCUT2D eigenvalue weighted by atomic mass is 32.2.